The molecule has 0 atom stereocenters. The quantitative estimate of drug-likeness (QED) is 0.744. The molecule has 1 N–H and O–H groups in total. The van der Waals surface area contributed by atoms with Gasteiger partial charge in [0.1, 0.15) is 0 Å². The van der Waals surface area contributed by atoms with Gasteiger partial charge in [-0.3, -0.25) is 9.59 Å². The van der Waals surface area contributed by atoms with Gasteiger partial charge in [0, 0.05) is 19.2 Å². The minimum atomic E-state index is -0.921. The average molecular weight is 307 g/mol. The van der Waals surface area contributed by atoms with Crippen LogP contribution in [0.5, 0.6) is 11.5 Å². The van der Waals surface area contributed by atoms with Gasteiger partial charge >= 0.3 is 5.97 Å². The van der Waals surface area contributed by atoms with Crippen LogP contribution >= 0.6 is 0 Å². The summed E-state index contributed by atoms with van der Waals surface area (Å²) in [6.07, 6.45) is 3.02. The highest BCUT2D eigenvalue weighted by atomic mass is 16.5. The van der Waals surface area contributed by atoms with Crippen LogP contribution in [0.4, 0.5) is 0 Å². The van der Waals surface area contributed by atoms with Crippen LogP contribution in [0.2, 0.25) is 0 Å². The first-order chi connectivity index (χ1) is 10.5. The number of carboxylic acid groups (broad SMARTS) is 1. The van der Waals surface area contributed by atoms with Crippen LogP contribution in [0, 0.1) is 0 Å². The summed E-state index contributed by atoms with van der Waals surface area (Å²) in [4.78, 5) is 24.1. The topological polar surface area (TPSA) is 76.1 Å². The molecule has 1 rings (SSSR count). The number of hydrogen-bond acceptors (Lipinski definition) is 4. The number of benzene rings is 1. The second-order valence-electron chi connectivity index (χ2n) is 4.51. The lowest BCUT2D eigenvalue weighted by atomic mass is 10.2. The number of carboxylic acids is 1. The molecule has 0 radical (unpaired) electrons. The molecule has 0 fully saturated rings. The molecule has 0 saturated carbocycles. The van der Waals surface area contributed by atoms with Crippen LogP contribution in [-0.2, 0) is 9.59 Å². The van der Waals surface area contributed by atoms with Gasteiger partial charge in [-0.1, -0.05) is 6.07 Å². The number of methoxy groups -OCH3 is 2. The predicted octanol–water partition coefficient (Wildman–Crippen LogP) is 2.04. The fraction of sp³-hybridized carbons (Fsp3) is 0.375. The number of carbonyl (C=O) groups is 2. The van der Waals surface area contributed by atoms with Gasteiger partial charge in [0.15, 0.2) is 11.5 Å². The van der Waals surface area contributed by atoms with E-state index in [0.29, 0.717) is 18.0 Å². The summed E-state index contributed by atoms with van der Waals surface area (Å²) in [7, 11) is 3.10. The molecule has 0 heterocycles. The Labute approximate surface area is 129 Å². The third kappa shape index (κ3) is 5.12. The summed E-state index contributed by atoms with van der Waals surface area (Å²) < 4.78 is 10.3. The van der Waals surface area contributed by atoms with Gasteiger partial charge < -0.3 is 19.5 Å². The number of carbonyl (C=O) groups excluding carboxylic acids is 1. The summed E-state index contributed by atoms with van der Waals surface area (Å²) in [5, 5.41) is 8.67. The SMILES string of the molecule is CCN(CCC(=O)O)C(=O)/C=C/c1ccc(OC)c(OC)c1. The standard InChI is InChI=1S/C16H21NO5/c1-4-17(10-9-16(19)20)15(18)8-6-12-5-7-13(21-2)14(11-12)22-3/h5-8,11H,4,9-10H2,1-3H3,(H,19,20)/b8-6+. The molecule has 0 aliphatic carbocycles. The molecule has 1 amide bonds. The van der Waals surface area contributed by atoms with Crippen LogP contribution in [0.1, 0.15) is 18.9 Å². The van der Waals surface area contributed by atoms with Crippen molar-refractivity contribution in [1.29, 1.82) is 0 Å². The maximum Gasteiger partial charge on any atom is 0.305 e. The molecule has 0 aliphatic heterocycles. The summed E-state index contributed by atoms with van der Waals surface area (Å²) in [5.74, 6) is 0.0478. The van der Waals surface area contributed by atoms with E-state index in [9.17, 15) is 9.59 Å². The highest BCUT2D eigenvalue weighted by molar-refractivity contribution is 5.92. The van der Waals surface area contributed by atoms with E-state index < -0.39 is 5.97 Å². The Kier molecular flexibility index (Phi) is 6.95. The minimum absolute atomic E-state index is 0.0657. The first-order valence-electron chi connectivity index (χ1n) is 6.92. The smallest absolute Gasteiger partial charge is 0.305 e. The maximum atomic E-state index is 12.0. The molecule has 0 unspecified atom stereocenters. The number of nitrogens with zero attached hydrogens (tertiary/aromatic N) is 1. The Hall–Kier alpha value is -2.50. The summed E-state index contributed by atoms with van der Waals surface area (Å²) in [5.41, 5.74) is 0.792. The molecule has 0 aliphatic rings. The monoisotopic (exact) mass is 307 g/mol. The molecular weight excluding hydrogens is 286 g/mol. The number of ether oxygens (including phenoxy) is 2. The van der Waals surface area contributed by atoms with Crippen LogP contribution in [-0.4, -0.2) is 49.2 Å². The Morgan fingerprint density at radius 2 is 1.91 bits per heavy atom. The molecule has 6 heteroatoms. The van der Waals surface area contributed by atoms with E-state index in [0.717, 1.165) is 5.56 Å². The highest BCUT2D eigenvalue weighted by Gasteiger charge is 2.10. The lowest BCUT2D eigenvalue weighted by Gasteiger charge is -2.17. The zero-order valence-corrected chi connectivity index (χ0v) is 13.0. The van der Waals surface area contributed by atoms with Gasteiger partial charge in [-0.05, 0) is 30.7 Å². The largest absolute Gasteiger partial charge is 0.493 e. The van der Waals surface area contributed by atoms with E-state index in [1.54, 1.807) is 38.5 Å². The summed E-state index contributed by atoms with van der Waals surface area (Å²) in [6, 6.07) is 5.32. The van der Waals surface area contributed by atoms with Gasteiger partial charge in [0.2, 0.25) is 5.91 Å². The van der Waals surface area contributed by atoms with E-state index in [2.05, 4.69) is 0 Å². The molecule has 6 nitrogen and oxygen atoms in total. The minimum Gasteiger partial charge on any atom is -0.493 e. The highest BCUT2D eigenvalue weighted by Crippen LogP contribution is 2.27. The second-order valence-corrected chi connectivity index (χ2v) is 4.51. The van der Waals surface area contributed by atoms with E-state index in [1.807, 2.05) is 6.92 Å². The van der Waals surface area contributed by atoms with Crippen molar-refractivity contribution in [2.75, 3.05) is 27.3 Å². The van der Waals surface area contributed by atoms with Crippen LogP contribution in [0.3, 0.4) is 0 Å². The van der Waals surface area contributed by atoms with Crippen molar-refractivity contribution in [2.45, 2.75) is 13.3 Å². The zero-order chi connectivity index (χ0) is 16.5. The lowest BCUT2D eigenvalue weighted by molar-refractivity contribution is -0.137. The van der Waals surface area contributed by atoms with E-state index in [-0.39, 0.29) is 18.9 Å². The summed E-state index contributed by atoms with van der Waals surface area (Å²) in [6.45, 7) is 2.47. The van der Waals surface area contributed by atoms with Gasteiger partial charge in [-0.25, -0.2) is 0 Å². The molecular formula is C16H21NO5. The first kappa shape index (κ1) is 17.6. The predicted molar refractivity (Wildman–Crippen MR) is 83.1 cm³/mol. The van der Waals surface area contributed by atoms with Gasteiger partial charge in [0.05, 0.1) is 20.6 Å². The number of hydrogen-bond donors (Lipinski definition) is 1. The van der Waals surface area contributed by atoms with Crippen molar-refractivity contribution in [3.63, 3.8) is 0 Å². The molecule has 0 bridgehead atoms. The Balaban J connectivity index is 2.77. The van der Waals surface area contributed by atoms with E-state index >= 15 is 0 Å². The average Bonchev–Trinajstić information content (AvgIpc) is 2.52. The molecule has 0 saturated heterocycles. The Morgan fingerprint density at radius 3 is 2.45 bits per heavy atom. The van der Waals surface area contributed by atoms with Gasteiger partial charge in [0.25, 0.3) is 0 Å². The van der Waals surface area contributed by atoms with Crippen molar-refractivity contribution >= 4 is 18.0 Å². The molecule has 1 aromatic rings. The number of amides is 1. The van der Waals surface area contributed by atoms with Gasteiger partial charge in [-0.2, -0.15) is 0 Å². The molecule has 1 aromatic carbocycles. The van der Waals surface area contributed by atoms with Crippen molar-refractivity contribution in [1.82, 2.24) is 4.90 Å². The third-order valence-electron chi connectivity index (χ3n) is 3.11. The first-order valence-corrected chi connectivity index (χ1v) is 6.92. The van der Waals surface area contributed by atoms with Crippen molar-refractivity contribution in [3.8, 4) is 11.5 Å². The maximum absolute atomic E-state index is 12.0. The Bertz CT molecular complexity index is 553. The van der Waals surface area contributed by atoms with Gasteiger partial charge in [-0.15, -0.1) is 0 Å². The normalized spacial score (nSPS) is 10.5. The fourth-order valence-corrected chi connectivity index (χ4v) is 1.88. The zero-order valence-electron chi connectivity index (χ0n) is 13.0. The molecule has 120 valence electrons. The van der Waals surface area contributed by atoms with Crippen LogP contribution in [0.15, 0.2) is 24.3 Å². The van der Waals surface area contributed by atoms with E-state index in [1.165, 1.54) is 11.0 Å². The van der Waals surface area contributed by atoms with E-state index in [4.69, 9.17) is 14.6 Å². The molecule has 0 spiro atoms. The van der Waals surface area contributed by atoms with Crippen molar-refractivity contribution in [3.05, 3.63) is 29.8 Å². The molecule has 22 heavy (non-hydrogen) atoms. The summed E-state index contributed by atoms with van der Waals surface area (Å²) >= 11 is 0. The van der Waals surface area contributed by atoms with Crippen molar-refractivity contribution in [2.24, 2.45) is 0 Å². The second kappa shape index (κ2) is 8.71. The molecule has 0 aromatic heterocycles. The lowest BCUT2D eigenvalue weighted by Crippen LogP contribution is -2.31. The number of likely N-dealkylation sites (N-methyl/N-ethyl adjacent to an activating group) is 1. The fourth-order valence-electron chi connectivity index (χ4n) is 1.88. The number of aliphatic carboxylic acids is 1. The third-order valence-corrected chi connectivity index (χ3v) is 3.11. The Morgan fingerprint density at radius 1 is 1.23 bits per heavy atom. The van der Waals surface area contributed by atoms with Crippen LogP contribution < -0.4 is 9.47 Å². The van der Waals surface area contributed by atoms with Crippen LogP contribution in [0.25, 0.3) is 6.08 Å². The van der Waals surface area contributed by atoms with Crippen molar-refractivity contribution < 1.29 is 24.2 Å². The number of rotatable bonds is 8.